The van der Waals surface area contributed by atoms with E-state index in [0.717, 1.165) is 88.2 Å². The Morgan fingerprint density at radius 3 is 2.43 bits per heavy atom. The van der Waals surface area contributed by atoms with Crippen LogP contribution < -0.4 is 15.0 Å². The summed E-state index contributed by atoms with van der Waals surface area (Å²) in [5.41, 5.74) is -1.96. The highest BCUT2D eigenvalue weighted by atomic mass is 19.4. The Bertz CT molecular complexity index is 2120. The van der Waals surface area contributed by atoms with E-state index < -0.39 is 34.8 Å². The van der Waals surface area contributed by atoms with E-state index in [4.69, 9.17) is 9.47 Å². The first kappa shape index (κ1) is 36.9. The van der Waals surface area contributed by atoms with Crippen molar-refractivity contribution in [2.75, 3.05) is 31.2 Å². The molecular formula is C42H47F3N6O5. The zero-order valence-electron chi connectivity index (χ0n) is 31.4. The van der Waals surface area contributed by atoms with Crippen LogP contribution in [0.3, 0.4) is 0 Å². The van der Waals surface area contributed by atoms with Crippen LogP contribution in [0.15, 0.2) is 55.0 Å². The maximum atomic E-state index is 14.9. The van der Waals surface area contributed by atoms with Crippen molar-refractivity contribution < 1.29 is 37.3 Å². The fraction of sp³-hybridized carbons (Fsp3) is 0.548. The van der Waals surface area contributed by atoms with Crippen molar-refractivity contribution >= 4 is 28.7 Å². The fourth-order valence-electron chi connectivity index (χ4n) is 10.5. The third-order valence-corrected chi connectivity index (χ3v) is 13.4. The number of aromatic nitrogens is 4. The van der Waals surface area contributed by atoms with E-state index in [1.165, 1.54) is 6.07 Å². The average molecular weight is 773 g/mol. The summed E-state index contributed by atoms with van der Waals surface area (Å²) >= 11 is 0. The third-order valence-electron chi connectivity index (χ3n) is 13.4. The number of alkyl halides is 3. The molecule has 4 atom stereocenters. The number of benzene rings is 1. The Kier molecular flexibility index (Phi) is 9.24. The molecule has 2 bridgehead atoms. The van der Waals surface area contributed by atoms with Gasteiger partial charge < -0.3 is 29.4 Å². The van der Waals surface area contributed by atoms with Gasteiger partial charge in [0.1, 0.15) is 17.4 Å². The second kappa shape index (κ2) is 14.0. The summed E-state index contributed by atoms with van der Waals surface area (Å²) in [4.78, 5) is 41.5. The van der Waals surface area contributed by atoms with Gasteiger partial charge >= 0.3 is 12.1 Å². The molecule has 3 aliphatic carbocycles. The van der Waals surface area contributed by atoms with Gasteiger partial charge in [-0.25, -0.2) is 19.7 Å². The van der Waals surface area contributed by atoms with E-state index in [2.05, 4.69) is 36.7 Å². The quantitative estimate of drug-likeness (QED) is 0.185. The highest BCUT2D eigenvalue weighted by molar-refractivity contribution is 6.00. The van der Waals surface area contributed by atoms with Gasteiger partial charge in [0.25, 0.3) is 5.91 Å². The molecule has 5 fully saturated rings. The van der Waals surface area contributed by atoms with Gasteiger partial charge in [0.2, 0.25) is 5.95 Å². The summed E-state index contributed by atoms with van der Waals surface area (Å²) in [6.45, 7) is 5.09. The van der Waals surface area contributed by atoms with Crippen molar-refractivity contribution in [3.8, 4) is 17.0 Å². The summed E-state index contributed by atoms with van der Waals surface area (Å²) in [5.74, 6) is -0.844. The van der Waals surface area contributed by atoms with Crippen LogP contribution in [0.25, 0.3) is 22.2 Å². The van der Waals surface area contributed by atoms with Crippen LogP contribution >= 0.6 is 0 Å². The van der Waals surface area contributed by atoms with Gasteiger partial charge in [-0.3, -0.25) is 4.79 Å². The number of nitrogens with zero attached hydrogens (tertiary/aromatic N) is 5. The van der Waals surface area contributed by atoms with E-state index in [1.54, 1.807) is 18.5 Å². The highest BCUT2D eigenvalue weighted by Gasteiger charge is 2.56. The van der Waals surface area contributed by atoms with Crippen LogP contribution in [0, 0.1) is 23.2 Å². The molecule has 1 amide bonds. The van der Waals surface area contributed by atoms with Gasteiger partial charge in [0, 0.05) is 73.0 Å². The molecule has 296 valence electrons. The van der Waals surface area contributed by atoms with Gasteiger partial charge in [0.15, 0.2) is 5.69 Å². The van der Waals surface area contributed by atoms with Gasteiger partial charge in [-0.05, 0) is 99.5 Å². The number of nitrogens with one attached hydrogen (secondary N) is 1. The molecule has 9 rings (SSSR count). The number of hydrogen-bond acceptors (Lipinski definition) is 8. The Labute approximate surface area is 323 Å². The van der Waals surface area contributed by atoms with Crippen molar-refractivity contribution in [3.63, 3.8) is 0 Å². The average Bonchev–Trinajstić information content (AvgIpc) is 3.68. The number of carboxylic acid groups (broad SMARTS) is 1. The first-order valence-corrected chi connectivity index (χ1v) is 20.0. The van der Waals surface area contributed by atoms with Crippen molar-refractivity contribution in [1.29, 1.82) is 0 Å². The molecule has 2 saturated heterocycles. The molecule has 1 spiro atoms. The van der Waals surface area contributed by atoms with Crippen LogP contribution in [-0.4, -0.2) is 74.4 Å². The number of carboxylic acids is 1. The lowest BCUT2D eigenvalue weighted by molar-refractivity contribution is -0.146. The number of carbonyl (C=O) groups excluding carboxylic acids is 1. The number of ether oxygens (including phenoxy) is 2. The van der Waals surface area contributed by atoms with Gasteiger partial charge in [-0.1, -0.05) is 6.92 Å². The second-order valence-electron chi connectivity index (χ2n) is 17.1. The van der Waals surface area contributed by atoms with Gasteiger partial charge in [0.05, 0.1) is 30.0 Å². The Morgan fingerprint density at radius 1 is 1.00 bits per heavy atom. The molecule has 3 saturated carbocycles. The third kappa shape index (κ3) is 6.67. The first-order chi connectivity index (χ1) is 26.9. The van der Waals surface area contributed by atoms with E-state index in [-0.39, 0.29) is 47.4 Å². The summed E-state index contributed by atoms with van der Waals surface area (Å²) in [6.07, 6.45) is 8.05. The molecule has 56 heavy (non-hydrogen) atoms. The van der Waals surface area contributed by atoms with Gasteiger partial charge in [-0.15, -0.1) is 0 Å². The zero-order valence-corrected chi connectivity index (χ0v) is 31.4. The number of pyridine rings is 1. The SMILES string of the molecule is CC1CC2CC(C1)C(NC(=O)c1ccc(-c3cn(C4CCC5(CC4)COC5)c4cc(OC5CCN(c6ncccn6)CC5)ccc34)nc1C(F)(F)F)(C(=O)O)C2. The minimum Gasteiger partial charge on any atom is -0.490 e. The summed E-state index contributed by atoms with van der Waals surface area (Å²) in [7, 11) is 0. The molecule has 4 unspecified atom stereocenters. The van der Waals surface area contributed by atoms with Crippen molar-refractivity contribution in [3.05, 3.63) is 66.2 Å². The lowest BCUT2D eigenvalue weighted by Crippen LogP contribution is -2.57. The molecule has 2 N–H and O–H groups in total. The Balaban J connectivity index is 1.03. The standard InChI is InChI=1S/C42H47F3N6O5/c1-25-17-26-19-27(18-25)41(21-26,38(53)54)49-37(52)32-5-6-34(48-36(32)42(43,44)45)33-22-51(28-7-11-40(12-8-28)23-55-24-40)35-20-30(3-4-31(33)35)56-29-9-15-50(16-10-29)39-46-13-2-14-47-39/h2-6,13-14,20,22,25-29H,7-12,15-19,21,23-24H2,1H3,(H,49,52)(H,53,54). The van der Waals surface area contributed by atoms with Crippen molar-refractivity contribution in [1.82, 2.24) is 24.8 Å². The number of halogens is 3. The largest absolute Gasteiger partial charge is 0.490 e. The summed E-state index contributed by atoms with van der Waals surface area (Å²) in [6, 6.07) is 10.2. The number of hydrogen-bond donors (Lipinski definition) is 2. The number of piperidine rings is 1. The number of aliphatic carboxylic acids is 1. The molecule has 3 aromatic heterocycles. The maximum Gasteiger partial charge on any atom is 0.434 e. The van der Waals surface area contributed by atoms with Crippen molar-refractivity contribution in [2.45, 2.75) is 95.0 Å². The summed E-state index contributed by atoms with van der Waals surface area (Å²) < 4.78 is 58.8. The molecule has 14 heteroatoms. The Hall–Kier alpha value is -4.72. The van der Waals surface area contributed by atoms with Crippen LogP contribution in [-0.2, 0) is 15.7 Å². The van der Waals surface area contributed by atoms with Crippen LogP contribution in [0.1, 0.15) is 93.2 Å². The second-order valence-corrected chi connectivity index (χ2v) is 17.1. The predicted molar refractivity (Wildman–Crippen MR) is 201 cm³/mol. The minimum absolute atomic E-state index is 0.0226. The van der Waals surface area contributed by atoms with Crippen LogP contribution in [0.4, 0.5) is 19.1 Å². The Morgan fingerprint density at radius 2 is 1.75 bits per heavy atom. The smallest absolute Gasteiger partial charge is 0.434 e. The molecule has 0 radical (unpaired) electrons. The van der Waals surface area contributed by atoms with E-state index in [0.29, 0.717) is 30.1 Å². The summed E-state index contributed by atoms with van der Waals surface area (Å²) in [5, 5.41) is 13.7. The normalized spacial score (nSPS) is 26.6. The highest BCUT2D eigenvalue weighted by Crippen LogP contribution is 2.51. The molecule has 5 aliphatic rings. The molecule has 2 aliphatic heterocycles. The molecule has 11 nitrogen and oxygen atoms in total. The predicted octanol–water partition coefficient (Wildman–Crippen LogP) is 7.70. The van der Waals surface area contributed by atoms with E-state index in [1.807, 2.05) is 24.4 Å². The van der Waals surface area contributed by atoms with E-state index in [9.17, 15) is 27.9 Å². The lowest BCUT2D eigenvalue weighted by atomic mass is 9.71. The minimum atomic E-state index is -4.97. The number of fused-ring (bicyclic) bond motifs is 3. The number of carbonyl (C=O) groups is 2. The maximum absolute atomic E-state index is 14.9. The van der Waals surface area contributed by atoms with E-state index >= 15 is 0 Å². The molecular weight excluding hydrogens is 725 g/mol. The topological polar surface area (TPSA) is 132 Å². The number of anilines is 1. The van der Waals surface area contributed by atoms with Gasteiger partial charge in [-0.2, -0.15) is 13.2 Å². The fourth-order valence-corrected chi connectivity index (χ4v) is 10.5. The first-order valence-electron chi connectivity index (χ1n) is 20.0. The monoisotopic (exact) mass is 772 g/mol. The van der Waals surface area contributed by atoms with Crippen molar-refractivity contribution in [2.24, 2.45) is 23.2 Å². The number of amides is 1. The molecule has 1 aromatic carbocycles. The molecule has 5 heterocycles. The van der Waals surface area contributed by atoms with Crippen LogP contribution in [0.5, 0.6) is 5.75 Å². The lowest BCUT2D eigenvalue weighted by Gasteiger charge is -2.46. The zero-order chi connectivity index (χ0) is 38.8. The van der Waals surface area contributed by atoms with Crippen LogP contribution in [0.2, 0.25) is 0 Å². The molecule has 4 aromatic rings. The number of rotatable bonds is 8.